The molecule has 0 saturated heterocycles. The van der Waals surface area contributed by atoms with Crippen LogP contribution >= 0.6 is 0 Å². The van der Waals surface area contributed by atoms with E-state index in [1.54, 1.807) is 0 Å². The van der Waals surface area contributed by atoms with E-state index in [0.29, 0.717) is 25.1 Å². The summed E-state index contributed by atoms with van der Waals surface area (Å²) in [6.45, 7) is 2.80. The van der Waals surface area contributed by atoms with E-state index in [1.807, 2.05) is 25.1 Å². The molecule has 0 fully saturated rings. The van der Waals surface area contributed by atoms with Gasteiger partial charge in [0, 0.05) is 24.2 Å². The van der Waals surface area contributed by atoms with E-state index >= 15 is 0 Å². The van der Waals surface area contributed by atoms with E-state index < -0.39 is 6.10 Å². The van der Waals surface area contributed by atoms with Gasteiger partial charge in [-0.3, -0.25) is 4.79 Å². The number of fused-ring (bicyclic) bond motifs is 2. The third kappa shape index (κ3) is 2.29. The number of anilines is 2. The molecule has 1 unspecified atom stereocenters. The Balaban J connectivity index is 1.73. The number of hydrogen-bond donors (Lipinski definition) is 3. The monoisotopic (exact) mass is 326 g/mol. The fourth-order valence-corrected chi connectivity index (χ4v) is 3.87. The van der Waals surface area contributed by atoms with Crippen molar-refractivity contribution in [1.82, 2.24) is 9.78 Å². The van der Waals surface area contributed by atoms with Gasteiger partial charge in [0.2, 0.25) is 0 Å². The van der Waals surface area contributed by atoms with E-state index in [-0.39, 0.29) is 11.8 Å². The molecule has 1 aromatic carbocycles. The number of benzene rings is 1. The Morgan fingerprint density at radius 3 is 3.08 bits per heavy atom. The Kier molecular flexibility index (Phi) is 3.57. The first-order valence-electron chi connectivity index (χ1n) is 8.48. The maximum Gasteiger partial charge on any atom is 0.256 e. The molecule has 0 amide bonds. The molecule has 4 N–H and O–H groups in total. The first-order chi connectivity index (χ1) is 11.6. The Hall–Kier alpha value is -2.34. The zero-order valence-corrected chi connectivity index (χ0v) is 13.7. The fraction of sp³-hybridized carbons (Fsp3) is 0.444. The highest BCUT2D eigenvalue weighted by atomic mass is 16.3. The fourth-order valence-electron chi connectivity index (χ4n) is 3.87. The number of aryl methyl sites for hydroxylation is 1. The molecule has 24 heavy (non-hydrogen) atoms. The van der Waals surface area contributed by atoms with Crippen LogP contribution in [0.1, 0.15) is 45.9 Å². The second-order valence-electron chi connectivity index (χ2n) is 6.76. The quantitative estimate of drug-likeness (QED) is 0.744. The average Bonchev–Trinajstić information content (AvgIpc) is 2.90. The van der Waals surface area contributed by atoms with Crippen molar-refractivity contribution in [3.8, 4) is 0 Å². The minimum atomic E-state index is -0.391. The van der Waals surface area contributed by atoms with Crippen molar-refractivity contribution < 1.29 is 9.90 Å². The van der Waals surface area contributed by atoms with Crippen LogP contribution in [0.25, 0.3) is 0 Å². The summed E-state index contributed by atoms with van der Waals surface area (Å²) in [5.74, 6) is 0.120. The average molecular weight is 326 g/mol. The van der Waals surface area contributed by atoms with Crippen LogP contribution in [0, 0.1) is 6.92 Å². The minimum absolute atomic E-state index is 0.0789. The summed E-state index contributed by atoms with van der Waals surface area (Å²) in [7, 11) is 0. The number of para-hydroxylation sites is 1. The Morgan fingerprint density at radius 1 is 1.42 bits per heavy atom. The molecular weight excluding hydrogens is 304 g/mol. The van der Waals surface area contributed by atoms with Crippen molar-refractivity contribution in [2.45, 2.75) is 44.6 Å². The lowest BCUT2D eigenvalue weighted by Gasteiger charge is -2.27. The van der Waals surface area contributed by atoms with Crippen molar-refractivity contribution in [3.63, 3.8) is 0 Å². The minimum Gasteiger partial charge on any atom is -0.393 e. The third-order valence-corrected chi connectivity index (χ3v) is 5.19. The molecule has 1 aliphatic carbocycles. The van der Waals surface area contributed by atoms with E-state index in [0.717, 1.165) is 41.0 Å². The van der Waals surface area contributed by atoms with Crippen LogP contribution in [-0.4, -0.2) is 33.4 Å². The smallest absolute Gasteiger partial charge is 0.256 e. The number of carbonyl (C=O) groups is 1. The van der Waals surface area contributed by atoms with Crippen molar-refractivity contribution >= 4 is 17.4 Å². The molecule has 1 aromatic heterocycles. The van der Waals surface area contributed by atoms with Gasteiger partial charge in [0.25, 0.3) is 5.91 Å². The molecule has 2 atom stereocenters. The molecule has 4 rings (SSSR count). The summed E-state index contributed by atoms with van der Waals surface area (Å²) >= 11 is 0. The molecule has 126 valence electrons. The largest absolute Gasteiger partial charge is 0.393 e. The second-order valence-corrected chi connectivity index (χ2v) is 6.76. The van der Waals surface area contributed by atoms with Gasteiger partial charge in [-0.25, -0.2) is 0 Å². The predicted octanol–water partition coefficient (Wildman–Crippen LogP) is 1.86. The van der Waals surface area contributed by atoms with Crippen LogP contribution in [0.3, 0.4) is 0 Å². The van der Waals surface area contributed by atoms with Crippen LogP contribution in [0.15, 0.2) is 18.2 Å². The van der Waals surface area contributed by atoms with Gasteiger partial charge in [0.05, 0.1) is 17.7 Å². The SMILES string of the molecule is Cc1cccc2c1NCC[C@@H]2C(=O)n1nc2c(c1N)CCC(O)C2. The van der Waals surface area contributed by atoms with E-state index in [2.05, 4.69) is 10.4 Å². The molecule has 1 aliphatic heterocycles. The summed E-state index contributed by atoms with van der Waals surface area (Å²) < 4.78 is 1.37. The standard InChI is InChI=1S/C18H22N4O2/c1-10-3-2-4-12-13(7-8-20-16(10)12)18(24)22-17(19)14-6-5-11(23)9-15(14)21-22/h2-4,11,13,20,23H,5-9,19H2,1H3/t11?,13-/m0/s1. The van der Waals surface area contributed by atoms with Crippen molar-refractivity contribution in [3.05, 3.63) is 40.6 Å². The lowest BCUT2D eigenvalue weighted by Crippen LogP contribution is -2.28. The number of rotatable bonds is 1. The second kappa shape index (κ2) is 5.63. The Bertz CT molecular complexity index is 812. The van der Waals surface area contributed by atoms with Gasteiger partial charge in [0.1, 0.15) is 5.82 Å². The van der Waals surface area contributed by atoms with Gasteiger partial charge in [-0.15, -0.1) is 0 Å². The predicted molar refractivity (Wildman–Crippen MR) is 92.3 cm³/mol. The lowest BCUT2D eigenvalue weighted by atomic mass is 9.88. The van der Waals surface area contributed by atoms with Gasteiger partial charge >= 0.3 is 0 Å². The van der Waals surface area contributed by atoms with Gasteiger partial charge in [0.15, 0.2) is 0 Å². The first kappa shape index (κ1) is 15.2. The van der Waals surface area contributed by atoms with Crippen molar-refractivity contribution in [2.24, 2.45) is 0 Å². The summed E-state index contributed by atoms with van der Waals surface area (Å²) in [6.07, 6.45) is 2.16. The van der Waals surface area contributed by atoms with Crippen LogP contribution in [0.4, 0.5) is 11.5 Å². The number of nitrogens with zero attached hydrogens (tertiary/aromatic N) is 2. The number of aliphatic hydroxyl groups excluding tert-OH is 1. The summed E-state index contributed by atoms with van der Waals surface area (Å²) in [6, 6.07) is 6.02. The topological polar surface area (TPSA) is 93.2 Å². The number of nitrogens with one attached hydrogen (secondary N) is 1. The highest BCUT2D eigenvalue weighted by molar-refractivity contribution is 5.90. The molecule has 6 heteroatoms. The maximum atomic E-state index is 13.1. The van der Waals surface area contributed by atoms with Gasteiger partial charge in [-0.05, 0) is 37.3 Å². The molecule has 2 aromatic rings. The number of nitrogen functional groups attached to an aromatic ring is 1. The molecule has 2 heterocycles. The maximum absolute atomic E-state index is 13.1. The molecule has 2 aliphatic rings. The Labute approximate surface area is 140 Å². The zero-order chi connectivity index (χ0) is 16.8. The van der Waals surface area contributed by atoms with Crippen LogP contribution in [-0.2, 0) is 12.8 Å². The number of aliphatic hydroxyl groups is 1. The normalized spacial score (nSPS) is 22.4. The molecule has 0 radical (unpaired) electrons. The third-order valence-electron chi connectivity index (χ3n) is 5.19. The summed E-state index contributed by atoms with van der Waals surface area (Å²) in [5, 5.41) is 17.6. The molecule has 0 spiro atoms. The van der Waals surface area contributed by atoms with Gasteiger partial charge in [-0.1, -0.05) is 18.2 Å². The highest BCUT2D eigenvalue weighted by Crippen LogP contribution is 2.36. The van der Waals surface area contributed by atoms with Gasteiger partial charge in [-0.2, -0.15) is 9.78 Å². The van der Waals surface area contributed by atoms with Crippen molar-refractivity contribution in [1.29, 1.82) is 0 Å². The number of aromatic nitrogens is 2. The molecule has 0 bridgehead atoms. The van der Waals surface area contributed by atoms with Crippen molar-refractivity contribution in [2.75, 3.05) is 17.6 Å². The number of nitrogens with two attached hydrogens (primary N) is 1. The number of hydrogen-bond acceptors (Lipinski definition) is 5. The van der Waals surface area contributed by atoms with Gasteiger partial charge < -0.3 is 16.2 Å². The van der Waals surface area contributed by atoms with Crippen LogP contribution in [0.5, 0.6) is 0 Å². The Morgan fingerprint density at radius 2 is 2.25 bits per heavy atom. The van der Waals surface area contributed by atoms with Crippen LogP contribution < -0.4 is 11.1 Å². The molecular formula is C18H22N4O2. The zero-order valence-electron chi connectivity index (χ0n) is 13.7. The molecule has 6 nitrogen and oxygen atoms in total. The summed E-state index contributed by atoms with van der Waals surface area (Å²) in [4.78, 5) is 13.1. The molecule has 0 saturated carbocycles. The van der Waals surface area contributed by atoms with E-state index in [4.69, 9.17) is 5.73 Å². The van der Waals surface area contributed by atoms with E-state index in [9.17, 15) is 9.90 Å². The van der Waals surface area contributed by atoms with E-state index in [1.165, 1.54) is 4.68 Å². The number of carbonyl (C=O) groups excluding carboxylic acids is 1. The van der Waals surface area contributed by atoms with Crippen LogP contribution in [0.2, 0.25) is 0 Å². The first-order valence-corrected chi connectivity index (χ1v) is 8.48. The lowest BCUT2D eigenvalue weighted by molar-refractivity contribution is 0.0858. The summed E-state index contributed by atoms with van der Waals surface area (Å²) in [5.41, 5.74) is 11.1. The highest BCUT2D eigenvalue weighted by Gasteiger charge is 2.32.